The minimum atomic E-state index is 0.0636. The number of hydrogen-bond acceptors (Lipinski definition) is 3. The first-order valence-corrected chi connectivity index (χ1v) is 4.79. The predicted octanol–water partition coefficient (Wildman–Crippen LogP) is 0.630. The molecular weight excluding hydrogens is 178 g/mol. The Morgan fingerprint density at radius 3 is 3.14 bits per heavy atom. The summed E-state index contributed by atoms with van der Waals surface area (Å²) in [6.45, 7) is 1.71. The van der Waals surface area contributed by atoms with Crippen LogP contribution in [0, 0.1) is 5.92 Å². The van der Waals surface area contributed by atoms with Crippen LogP contribution in [0.5, 0.6) is 0 Å². The summed E-state index contributed by atoms with van der Waals surface area (Å²) in [6.07, 6.45) is 2.58. The summed E-state index contributed by atoms with van der Waals surface area (Å²) in [4.78, 5) is 15.7. The van der Waals surface area contributed by atoms with Crippen LogP contribution < -0.4 is 10.6 Å². The Hall–Kier alpha value is -1.42. The largest absolute Gasteiger partial charge is 0.316 e. The SMILES string of the molecule is O=C(Nc1ccccn1)C1CCNC1. The molecule has 0 radical (unpaired) electrons. The zero-order chi connectivity index (χ0) is 9.80. The van der Waals surface area contributed by atoms with Gasteiger partial charge in [-0.25, -0.2) is 4.98 Å². The molecule has 74 valence electrons. The van der Waals surface area contributed by atoms with Gasteiger partial charge < -0.3 is 10.6 Å². The lowest BCUT2D eigenvalue weighted by molar-refractivity contribution is -0.119. The van der Waals surface area contributed by atoms with E-state index in [4.69, 9.17) is 0 Å². The topological polar surface area (TPSA) is 54.0 Å². The van der Waals surface area contributed by atoms with Gasteiger partial charge in [-0.2, -0.15) is 0 Å². The molecule has 0 aromatic carbocycles. The number of carbonyl (C=O) groups excluding carboxylic acids is 1. The van der Waals surface area contributed by atoms with Crippen LogP contribution in [-0.4, -0.2) is 24.0 Å². The fourth-order valence-corrected chi connectivity index (χ4v) is 1.54. The molecule has 1 aliphatic rings. The molecule has 1 atom stereocenters. The first-order valence-electron chi connectivity index (χ1n) is 4.79. The molecule has 2 heterocycles. The third-order valence-electron chi connectivity index (χ3n) is 2.35. The fraction of sp³-hybridized carbons (Fsp3) is 0.400. The van der Waals surface area contributed by atoms with Crippen molar-refractivity contribution in [2.45, 2.75) is 6.42 Å². The second-order valence-electron chi connectivity index (χ2n) is 3.39. The summed E-state index contributed by atoms with van der Waals surface area (Å²) < 4.78 is 0. The molecule has 4 nitrogen and oxygen atoms in total. The van der Waals surface area contributed by atoms with Crippen molar-refractivity contribution >= 4 is 11.7 Å². The van der Waals surface area contributed by atoms with Crippen LogP contribution in [0.3, 0.4) is 0 Å². The Morgan fingerprint density at radius 1 is 1.57 bits per heavy atom. The van der Waals surface area contributed by atoms with Crippen molar-refractivity contribution in [1.29, 1.82) is 0 Å². The van der Waals surface area contributed by atoms with Gasteiger partial charge in [-0.05, 0) is 25.1 Å². The van der Waals surface area contributed by atoms with Crippen LogP contribution in [0.1, 0.15) is 6.42 Å². The number of carbonyl (C=O) groups is 1. The molecule has 0 spiro atoms. The smallest absolute Gasteiger partial charge is 0.229 e. The minimum absolute atomic E-state index is 0.0636. The van der Waals surface area contributed by atoms with E-state index in [1.54, 1.807) is 12.3 Å². The Bertz CT molecular complexity index is 306. The summed E-state index contributed by atoms with van der Waals surface area (Å²) in [6, 6.07) is 5.47. The zero-order valence-corrected chi connectivity index (χ0v) is 7.86. The van der Waals surface area contributed by atoms with Crippen LogP contribution in [0.2, 0.25) is 0 Å². The average molecular weight is 191 g/mol. The average Bonchev–Trinajstić information content (AvgIpc) is 2.72. The van der Waals surface area contributed by atoms with Crippen molar-refractivity contribution in [2.24, 2.45) is 5.92 Å². The minimum Gasteiger partial charge on any atom is -0.316 e. The molecule has 0 saturated carbocycles. The van der Waals surface area contributed by atoms with E-state index >= 15 is 0 Å². The molecule has 1 fully saturated rings. The number of aromatic nitrogens is 1. The van der Waals surface area contributed by atoms with E-state index < -0.39 is 0 Å². The normalized spacial score (nSPS) is 20.7. The van der Waals surface area contributed by atoms with E-state index in [0.717, 1.165) is 19.5 Å². The van der Waals surface area contributed by atoms with Crippen LogP contribution in [-0.2, 0) is 4.79 Å². The Labute approximate surface area is 82.7 Å². The van der Waals surface area contributed by atoms with E-state index in [-0.39, 0.29) is 11.8 Å². The van der Waals surface area contributed by atoms with E-state index in [1.807, 2.05) is 12.1 Å². The van der Waals surface area contributed by atoms with E-state index in [0.29, 0.717) is 5.82 Å². The van der Waals surface area contributed by atoms with Gasteiger partial charge in [0.2, 0.25) is 5.91 Å². The molecular formula is C10H13N3O. The standard InChI is InChI=1S/C10H13N3O/c14-10(8-4-6-11-7-8)13-9-3-1-2-5-12-9/h1-3,5,8,11H,4,6-7H2,(H,12,13,14). The van der Waals surface area contributed by atoms with E-state index in [2.05, 4.69) is 15.6 Å². The lowest BCUT2D eigenvalue weighted by atomic mass is 10.1. The van der Waals surface area contributed by atoms with Gasteiger partial charge in [0.15, 0.2) is 0 Å². The van der Waals surface area contributed by atoms with Crippen molar-refractivity contribution in [3.63, 3.8) is 0 Å². The predicted molar refractivity (Wildman–Crippen MR) is 53.8 cm³/mol. The highest BCUT2D eigenvalue weighted by atomic mass is 16.2. The number of hydrogen-bond donors (Lipinski definition) is 2. The summed E-state index contributed by atoms with van der Waals surface area (Å²) >= 11 is 0. The number of pyridine rings is 1. The second-order valence-corrected chi connectivity index (χ2v) is 3.39. The first kappa shape index (κ1) is 9.15. The summed E-state index contributed by atoms with van der Waals surface area (Å²) in [5, 5.41) is 5.95. The molecule has 1 unspecified atom stereocenters. The number of nitrogens with one attached hydrogen (secondary N) is 2. The molecule has 1 aliphatic heterocycles. The van der Waals surface area contributed by atoms with Gasteiger partial charge in [-0.15, -0.1) is 0 Å². The Morgan fingerprint density at radius 2 is 2.50 bits per heavy atom. The van der Waals surface area contributed by atoms with Crippen LogP contribution in [0.4, 0.5) is 5.82 Å². The van der Waals surface area contributed by atoms with Crippen molar-refractivity contribution in [2.75, 3.05) is 18.4 Å². The van der Waals surface area contributed by atoms with Crippen LogP contribution >= 0.6 is 0 Å². The maximum Gasteiger partial charge on any atom is 0.229 e. The van der Waals surface area contributed by atoms with Gasteiger partial charge in [0.1, 0.15) is 5.82 Å². The quantitative estimate of drug-likeness (QED) is 0.721. The molecule has 1 aromatic rings. The lowest BCUT2D eigenvalue weighted by Gasteiger charge is -2.08. The van der Waals surface area contributed by atoms with E-state index in [1.165, 1.54) is 0 Å². The Kier molecular flexibility index (Phi) is 2.74. The number of rotatable bonds is 2. The summed E-state index contributed by atoms with van der Waals surface area (Å²) in [7, 11) is 0. The first-order chi connectivity index (χ1) is 6.86. The lowest BCUT2D eigenvalue weighted by Crippen LogP contribution is -2.24. The van der Waals surface area contributed by atoms with Crippen molar-refractivity contribution in [3.8, 4) is 0 Å². The Balaban J connectivity index is 1.94. The van der Waals surface area contributed by atoms with Crippen molar-refractivity contribution < 1.29 is 4.79 Å². The highest BCUT2D eigenvalue weighted by molar-refractivity contribution is 5.91. The van der Waals surface area contributed by atoms with Gasteiger partial charge in [0.05, 0.1) is 5.92 Å². The molecule has 1 aromatic heterocycles. The summed E-state index contributed by atoms with van der Waals surface area (Å²) in [5.74, 6) is 0.787. The molecule has 0 bridgehead atoms. The van der Waals surface area contributed by atoms with Gasteiger partial charge >= 0.3 is 0 Å². The molecule has 1 amide bonds. The molecule has 4 heteroatoms. The fourth-order valence-electron chi connectivity index (χ4n) is 1.54. The second kappa shape index (κ2) is 4.19. The molecule has 0 aliphatic carbocycles. The highest BCUT2D eigenvalue weighted by Gasteiger charge is 2.22. The maximum atomic E-state index is 11.6. The zero-order valence-electron chi connectivity index (χ0n) is 7.86. The summed E-state index contributed by atoms with van der Waals surface area (Å²) in [5.41, 5.74) is 0. The monoisotopic (exact) mass is 191 g/mol. The highest BCUT2D eigenvalue weighted by Crippen LogP contribution is 2.10. The molecule has 2 rings (SSSR count). The van der Waals surface area contributed by atoms with Gasteiger partial charge in [0, 0.05) is 12.7 Å². The number of amides is 1. The van der Waals surface area contributed by atoms with Crippen molar-refractivity contribution in [3.05, 3.63) is 24.4 Å². The van der Waals surface area contributed by atoms with Crippen LogP contribution in [0.15, 0.2) is 24.4 Å². The third kappa shape index (κ3) is 2.09. The van der Waals surface area contributed by atoms with E-state index in [9.17, 15) is 4.79 Å². The number of anilines is 1. The number of nitrogens with zero attached hydrogens (tertiary/aromatic N) is 1. The molecule has 2 N–H and O–H groups in total. The van der Waals surface area contributed by atoms with Gasteiger partial charge in [-0.1, -0.05) is 6.07 Å². The van der Waals surface area contributed by atoms with Gasteiger partial charge in [0.25, 0.3) is 0 Å². The van der Waals surface area contributed by atoms with Crippen molar-refractivity contribution in [1.82, 2.24) is 10.3 Å². The molecule has 1 saturated heterocycles. The van der Waals surface area contributed by atoms with Crippen LogP contribution in [0.25, 0.3) is 0 Å². The maximum absolute atomic E-state index is 11.6. The molecule has 14 heavy (non-hydrogen) atoms. The third-order valence-corrected chi connectivity index (χ3v) is 2.35. The van der Waals surface area contributed by atoms with Gasteiger partial charge in [-0.3, -0.25) is 4.79 Å².